The number of aromatic nitrogens is 1. The third-order valence-corrected chi connectivity index (χ3v) is 3.31. The van der Waals surface area contributed by atoms with Crippen molar-refractivity contribution < 1.29 is 9.59 Å². The Bertz CT molecular complexity index is 420. The lowest BCUT2D eigenvalue weighted by atomic mass is 10.2. The van der Waals surface area contributed by atoms with Crippen LogP contribution in [0.1, 0.15) is 59.1 Å². The molecule has 6 nitrogen and oxygen atoms in total. The molecule has 0 aliphatic rings. The van der Waals surface area contributed by atoms with Crippen LogP contribution in [0.15, 0.2) is 5.38 Å². The van der Waals surface area contributed by atoms with Crippen LogP contribution in [0.5, 0.6) is 0 Å². The summed E-state index contributed by atoms with van der Waals surface area (Å²) in [4.78, 5) is 24.8. The monoisotopic (exact) mass is 358 g/mol. The van der Waals surface area contributed by atoms with Crippen molar-refractivity contribution in [2.24, 2.45) is 11.7 Å². The number of rotatable bonds is 8. The van der Waals surface area contributed by atoms with Gasteiger partial charge in [-0.1, -0.05) is 34.1 Å². The number of nitrogens with two attached hydrogens (primary N) is 2. The number of nitrogens with one attached hydrogen (secondary N) is 1. The number of amides is 1. The van der Waals surface area contributed by atoms with E-state index in [1.807, 2.05) is 12.3 Å². The molecule has 0 saturated carbocycles. The maximum atomic E-state index is 11.3. The second-order valence-corrected chi connectivity index (χ2v) is 6.54. The molecule has 0 aromatic carbocycles. The highest BCUT2D eigenvalue weighted by molar-refractivity contribution is 7.13. The highest BCUT2D eigenvalue weighted by Crippen LogP contribution is 2.11. The average molecular weight is 359 g/mol. The normalized spacial score (nSPS) is 9.42. The summed E-state index contributed by atoms with van der Waals surface area (Å²) < 4.78 is 0. The number of anilines is 1. The number of hydrogen-bond acceptors (Lipinski definition) is 6. The van der Waals surface area contributed by atoms with Crippen molar-refractivity contribution in [2.75, 3.05) is 18.8 Å². The zero-order chi connectivity index (χ0) is 18.8. The van der Waals surface area contributed by atoms with Gasteiger partial charge in [0.15, 0.2) is 5.13 Å². The van der Waals surface area contributed by atoms with Gasteiger partial charge in [0.25, 0.3) is 0 Å². The van der Waals surface area contributed by atoms with Gasteiger partial charge in [-0.3, -0.25) is 4.79 Å². The summed E-state index contributed by atoms with van der Waals surface area (Å²) in [5.74, 6) is 0.475. The maximum absolute atomic E-state index is 11.3. The van der Waals surface area contributed by atoms with Gasteiger partial charge >= 0.3 is 0 Å². The zero-order valence-corrected chi connectivity index (χ0v) is 16.3. The molecule has 7 heteroatoms. The van der Waals surface area contributed by atoms with Gasteiger partial charge in [-0.15, -0.1) is 11.3 Å². The number of nitrogen functional groups attached to an aromatic ring is 1. The molecular weight excluding hydrogens is 324 g/mol. The number of nitrogens with zero attached hydrogens (tertiary/aromatic N) is 1. The SMILES string of the molecule is CC(C)CNC(=O)Cc1csc(N)n1.CCCC=O.CCCCN. The van der Waals surface area contributed by atoms with Crippen molar-refractivity contribution in [2.45, 2.75) is 59.8 Å². The van der Waals surface area contributed by atoms with Crippen molar-refractivity contribution in [1.29, 1.82) is 0 Å². The Hall–Kier alpha value is -1.47. The van der Waals surface area contributed by atoms with E-state index >= 15 is 0 Å². The van der Waals surface area contributed by atoms with Gasteiger partial charge in [-0.2, -0.15) is 0 Å². The fourth-order valence-electron chi connectivity index (χ4n) is 1.27. The van der Waals surface area contributed by atoms with Crippen LogP contribution < -0.4 is 16.8 Å². The van der Waals surface area contributed by atoms with E-state index in [0.29, 0.717) is 30.4 Å². The van der Waals surface area contributed by atoms with Gasteiger partial charge in [-0.05, 0) is 25.3 Å². The largest absolute Gasteiger partial charge is 0.375 e. The van der Waals surface area contributed by atoms with Gasteiger partial charge in [0.1, 0.15) is 6.29 Å². The fraction of sp³-hybridized carbons (Fsp3) is 0.706. The number of carbonyl (C=O) groups excluding carboxylic acids is 2. The third-order valence-electron chi connectivity index (χ3n) is 2.58. The van der Waals surface area contributed by atoms with E-state index in [-0.39, 0.29) is 5.91 Å². The van der Waals surface area contributed by atoms with Crippen LogP contribution in [0.4, 0.5) is 5.13 Å². The van der Waals surface area contributed by atoms with Crippen molar-refractivity contribution in [3.63, 3.8) is 0 Å². The number of unbranched alkanes of at least 4 members (excludes halogenated alkanes) is 2. The molecule has 0 fully saturated rings. The van der Waals surface area contributed by atoms with Crippen molar-refractivity contribution >= 4 is 28.7 Å². The van der Waals surface area contributed by atoms with Gasteiger partial charge in [0.2, 0.25) is 5.91 Å². The van der Waals surface area contributed by atoms with Crippen molar-refractivity contribution in [3.8, 4) is 0 Å². The van der Waals surface area contributed by atoms with Crippen LogP contribution in [-0.2, 0) is 16.0 Å². The highest BCUT2D eigenvalue weighted by Gasteiger charge is 2.06. The van der Waals surface area contributed by atoms with Gasteiger partial charge < -0.3 is 21.6 Å². The number of aldehydes is 1. The summed E-state index contributed by atoms with van der Waals surface area (Å²) in [5.41, 5.74) is 11.3. The standard InChI is InChI=1S/C9H15N3OS.C4H11N.C4H8O/c1-6(2)4-11-8(13)3-7-5-14-9(10)12-7;2*1-2-3-4-5/h5-6H,3-4H2,1-2H3,(H2,10,12)(H,11,13);2-5H2,1H3;4H,2-3H2,1H3. The van der Waals surface area contributed by atoms with E-state index in [1.54, 1.807) is 0 Å². The molecule has 24 heavy (non-hydrogen) atoms. The second kappa shape index (κ2) is 17.9. The average Bonchev–Trinajstić information content (AvgIpc) is 2.93. The fourth-order valence-corrected chi connectivity index (χ4v) is 1.83. The Kier molecular flexibility index (Phi) is 18.5. The molecule has 1 rings (SSSR count). The molecule has 1 heterocycles. The van der Waals surface area contributed by atoms with Gasteiger partial charge in [0.05, 0.1) is 12.1 Å². The van der Waals surface area contributed by atoms with Crippen molar-refractivity contribution in [3.05, 3.63) is 11.1 Å². The van der Waals surface area contributed by atoms with Crippen LogP contribution in [0, 0.1) is 5.92 Å². The van der Waals surface area contributed by atoms with E-state index in [1.165, 1.54) is 24.2 Å². The predicted octanol–water partition coefficient (Wildman–Crippen LogP) is 2.77. The van der Waals surface area contributed by atoms with E-state index in [2.05, 4.69) is 31.1 Å². The molecule has 5 N–H and O–H groups in total. The summed E-state index contributed by atoms with van der Waals surface area (Å²) in [6.45, 7) is 9.78. The molecule has 1 aromatic rings. The Morgan fingerprint density at radius 2 is 2.04 bits per heavy atom. The quantitative estimate of drug-likeness (QED) is 0.619. The minimum absolute atomic E-state index is 0.00370. The molecule has 0 aliphatic carbocycles. The maximum Gasteiger partial charge on any atom is 0.226 e. The Morgan fingerprint density at radius 3 is 2.33 bits per heavy atom. The lowest BCUT2D eigenvalue weighted by Crippen LogP contribution is -2.28. The molecule has 1 aromatic heterocycles. The summed E-state index contributed by atoms with van der Waals surface area (Å²) in [6, 6.07) is 0. The molecule has 0 atom stereocenters. The number of thiazole rings is 1. The molecular formula is C17H34N4O2S. The van der Waals surface area contributed by atoms with Crippen LogP contribution in [0.3, 0.4) is 0 Å². The van der Waals surface area contributed by atoms with E-state index in [4.69, 9.17) is 11.5 Å². The smallest absolute Gasteiger partial charge is 0.226 e. The first-order valence-electron chi connectivity index (χ1n) is 8.51. The van der Waals surface area contributed by atoms with Crippen LogP contribution in [0.25, 0.3) is 0 Å². The number of carbonyl (C=O) groups is 2. The van der Waals surface area contributed by atoms with E-state index in [9.17, 15) is 9.59 Å². The lowest BCUT2D eigenvalue weighted by Gasteiger charge is -2.05. The van der Waals surface area contributed by atoms with E-state index in [0.717, 1.165) is 24.9 Å². The first-order chi connectivity index (χ1) is 11.4. The topological polar surface area (TPSA) is 111 Å². The third kappa shape index (κ3) is 18.6. The minimum atomic E-state index is 0.00370. The van der Waals surface area contributed by atoms with Gasteiger partial charge in [-0.25, -0.2) is 4.98 Å². The van der Waals surface area contributed by atoms with Crippen LogP contribution in [-0.4, -0.2) is 30.3 Å². The molecule has 0 bridgehead atoms. The molecule has 0 spiro atoms. The van der Waals surface area contributed by atoms with Crippen LogP contribution >= 0.6 is 11.3 Å². The zero-order valence-electron chi connectivity index (χ0n) is 15.5. The van der Waals surface area contributed by atoms with Gasteiger partial charge in [0, 0.05) is 18.3 Å². The molecule has 0 aliphatic heterocycles. The second-order valence-electron chi connectivity index (χ2n) is 5.65. The predicted molar refractivity (Wildman–Crippen MR) is 103 cm³/mol. The minimum Gasteiger partial charge on any atom is -0.375 e. The first-order valence-corrected chi connectivity index (χ1v) is 9.39. The van der Waals surface area contributed by atoms with Crippen molar-refractivity contribution in [1.82, 2.24) is 10.3 Å². The molecule has 0 saturated heterocycles. The highest BCUT2D eigenvalue weighted by atomic mass is 32.1. The summed E-state index contributed by atoms with van der Waals surface area (Å²) in [6.07, 6.45) is 5.32. The Balaban J connectivity index is 0. The number of hydrogen-bond donors (Lipinski definition) is 3. The van der Waals surface area contributed by atoms with E-state index < -0.39 is 0 Å². The Labute approximate surface area is 150 Å². The molecule has 0 unspecified atom stereocenters. The first kappa shape index (κ1) is 24.8. The molecule has 0 radical (unpaired) electrons. The molecule has 140 valence electrons. The summed E-state index contributed by atoms with van der Waals surface area (Å²) in [5, 5.41) is 5.15. The summed E-state index contributed by atoms with van der Waals surface area (Å²) >= 11 is 1.36. The summed E-state index contributed by atoms with van der Waals surface area (Å²) in [7, 11) is 0. The molecule has 1 amide bonds. The Morgan fingerprint density at radius 1 is 1.38 bits per heavy atom. The lowest BCUT2D eigenvalue weighted by molar-refractivity contribution is -0.120. The van der Waals surface area contributed by atoms with Crippen LogP contribution in [0.2, 0.25) is 0 Å².